The molecule has 0 aliphatic heterocycles. The highest BCUT2D eigenvalue weighted by Crippen LogP contribution is 2.35. The summed E-state index contributed by atoms with van der Waals surface area (Å²) in [5, 5.41) is 9.02. The maximum absolute atomic E-state index is 12.6. The van der Waals surface area contributed by atoms with Crippen LogP contribution in [0.5, 0.6) is 0 Å². The average Bonchev–Trinajstić information content (AvgIpc) is 2.67. The van der Waals surface area contributed by atoms with E-state index in [0.717, 1.165) is 18.3 Å². The second-order valence-corrected chi connectivity index (χ2v) is 3.60. The summed E-state index contributed by atoms with van der Waals surface area (Å²) in [7, 11) is 0. The Hall–Kier alpha value is -2.60. The minimum atomic E-state index is -4.59. The van der Waals surface area contributed by atoms with Crippen LogP contribution in [0, 0.1) is 0 Å². The molecule has 0 spiro atoms. The largest absolute Gasteiger partial charge is 0.464 e. The number of hydrogen-bond donors (Lipinski definition) is 1. The van der Waals surface area contributed by atoms with Gasteiger partial charge < -0.3 is 5.11 Å². The van der Waals surface area contributed by atoms with Gasteiger partial charge in [-0.3, -0.25) is 4.57 Å². The fourth-order valence-electron chi connectivity index (χ4n) is 1.68. The number of aromatic nitrogens is 1. The smallest absolute Gasteiger partial charge is 0.416 e. The number of carboxylic acid groups (broad SMARTS) is 1. The number of fused-ring (bicyclic) bond motifs is 1. The van der Waals surface area contributed by atoms with E-state index in [1.165, 1.54) is 6.08 Å². The third-order valence-electron chi connectivity index (χ3n) is 2.48. The molecule has 1 heterocycles. The van der Waals surface area contributed by atoms with Gasteiger partial charge in [-0.25, -0.2) is 9.59 Å². The molecule has 98 valence electrons. The number of carbonyl (C=O) groups excluding carboxylic acids is 1. The lowest BCUT2D eigenvalue weighted by molar-refractivity contribution is -0.137. The average molecular weight is 270 g/mol. The van der Waals surface area contributed by atoms with Crippen molar-refractivity contribution < 1.29 is 27.9 Å². The van der Waals surface area contributed by atoms with Gasteiger partial charge >= 0.3 is 12.3 Å². The second-order valence-electron chi connectivity index (χ2n) is 3.60. The van der Waals surface area contributed by atoms with E-state index >= 15 is 0 Å². The first-order valence-corrected chi connectivity index (χ1v) is 4.88. The Balaban J connectivity index is 2.80. The summed E-state index contributed by atoms with van der Waals surface area (Å²) in [5.74, 6) is 0. The van der Waals surface area contributed by atoms with Crippen LogP contribution in [0.25, 0.3) is 10.9 Å². The molecule has 0 bridgehead atoms. The zero-order chi connectivity index (χ0) is 14.2. The highest BCUT2D eigenvalue weighted by atomic mass is 19.4. The SMILES string of the molecule is O=C=Nc1cn(C(=O)O)c2cc(C(F)(F)F)ccc12. The summed E-state index contributed by atoms with van der Waals surface area (Å²) < 4.78 is 38.3. The van der Waals surface area contributed by atoms with E-state index < -0.39 is 17.8 Å². The predicted octanol–water partition coefficient (Wildman–Crippen LogP) is 3.15. The quantitative estimate of drug-likeness (QED) is 0.639. The fraction of sp³-hybridized carbons (Fsp3) is 0.0909. The number of benzene rings is 1. The van der Waals surface area contributed by atoms with Gasteiger partial charge in [0.05, 0.1) is 11.1 Å². The van der Waals surface area contributed by atoms with Crippen LogP contribution in [0.3, 0.4) is 0 Å². The molecule has 0 saturated heterocycles. The molecule has 0 atom stereocenters. The molecular weight excluding hydrogens is 265 g/mol. The molecule has 0 fully saturated rings. The standard InChI is InChI=1S/C11H5F3N2O3/c12-11(13,14)6-1-2-7-8(15-5-17)4-16(10(18)19)9(7)3-6/h1-4H,(H,18,19). The monoisotopic (exact) mass is 270 g/mol. The van der Waals surface area contributed by atoms with E-state index in [1.54, 1.807) is 0 Å². The number of carbonyl (C=O) groups is 1. The first-order chi connectivity index (χ1) is 8.84. The third-order valence-corrected chi connectivity index (χ3v) is 2.48. The van der Waals surface area contributed by atoms with Crippen LogP contribution in [0.1, 0.15) is 5.56 Å². The van der Waals surface area contributed by atoms with Crippen LogP contribution >= 0.6 is 0 Å². The van der Waals surface area contributed by atoms with Crippen molar-refractivity contribution in [1.29, 1.82) is 0 Å². The Morgan fingerprint density at radius 1 is 1.37 bits per heavy atom. The Morgan fingerprint density at radius 2 is 2.05 bits per heavy atom. The molecule has 0 radical (unpaired) electrons. The number of aliphatic imine (C=N–C) groups is 1. The number of alkyl halides is 3. The second kappa shape index (κ2) is 4.25. The maximum atomic E-state index is 12.6. The van der Waals surface area contributed by atoms with Crippen LogP contribution in [0.4, 0.5) is 23.7 Å². The zero-order valence-corrected chi connectivity index (χ0v) is 9.10. The van der Waals surface area contributed by atoms with E-state index in [2.05, 4.69) is 4.99 Å². The van der Waals surface area contributed by atoms with Gasteiger partial charge in [0.1, 0.15) is 5.69 Å². The van der Waals surface area contributed by atoms with Gasteiger partial charge in [-0.2, -0.15) is 18.2 Å². The lowest BCUT2D eigenvalue weighted by Gasteiger charge is -2.06. The summed E-state index contributed by atoms with van der Waals surface area (Å²) in [6.07, 6.45) is -3.89. The Kier molecular flexibility index (Phi) is 2.88. The molecule has 1 aromatic heterocycles. The third kappa shape index (κ3) is 2.21. The van der Waals surface area contributed by atoms with Crippen molar-refractivity contribution in [3.05, 3.63) is 30.0 Å². The van der Waals surface area contributed by atoms with Crippen LogP contribution in [0.2, 0.25) is 0 Å². The molecule has 8 heteroatoms. The van der Waals surface area contributed by atoms with Gasteiger partial charge in [0.2, 0.25) is 6.08 Å². The van der Waals surface area contributed by atoms with Crippen molar-refractivity contribution in [2.75, 3.05) is 0 Å². The lowest BCUT2D eigenvalue weighted by Crippen LogP contribution is -2.08. The molecule has 1 N–H and O–H groups in total. The molecule has 19 heavy (non-hydrogen) atoms. The number of nitrogens with zero attached hydrogens (tertiary/aromatic N) is 2. The zero-order valence-electron chi connectivity index (χ0n) is 9.10. The van der Waals surface area contributed by atoms with Crippen molar-refractivity contribution >= 4 is 28.8 Å². The van der Waals surface area contributed by atoms with Crippen molar-refractivity contribution in [3.63, 3.8) is 0 Å². The van der Waals surface area contributed by atoms with E-state index in [9.17, 15) is 22.8 Å². The first kappa shape index (κ1) is 12.8. The summed E-state index contributed by atoms with van der Waals surface area (Å²) >= 11 is 0. The molecule has 0 saturated carbocycles. The van der Waals surface area contributed by atoms with E-state index in [4.69, 9.17) is 5.11 Å². The van der Waals surface area contributed by atoms with Crippen molar-refractivity contribution in [2.24, 2.45) is 4.99 Å². The molecule has 2 aromatic rings. The Morgan fingerprint density at radius 3 is 2.58 bits per heavy atom. The highest BCUT2D eigenvalue weighted by Gasteiger charge is 2.31. The van der Waals surface area contributed by atoms with Crippen LogP contribution in [-0.2, 0) is 11.0 Å². The first-order valence-electron chi connectivity index (χ1n) is 4.88. The van der Waals surface area contributed by atoms with Gasteiger partial charge in [-0.15, -0.1) is 0 Å². The van der Waals surface area contributed by atoms with E-state index in [1.807, 2.05) is 0 Å². The number of hydrogen-bond acceptors (Lipinski definition) is 3. The molecule has 5 nitrogen and oxygen atoms in total. The predicted molar refractivity (Wildman–Crippen MR) is 58.1 cm³/mol. The van der Waals surface area contributed by atoms with Gasteiger partial charge in [-0.05, 0) is 12.1 Å². The summed E-state index contributed by atoms with van der Waals surface area (Å²) in [6.45, 7) is 0. The minimum Gasteiger partial charge on any atom is -0.464 e. The molecule has 0 unspecified atom stereocenters. The lowest BCUT2D eigenvalue weighted by atomic mass is 10.1. The van der Waals surface area contributed by atoms with Gasteiger partial charge in [-0.1, -0.05) is 6.07 Å². The van der Waals surface area contributed by atoms with E-state index in [0.29, 0.717) is 10.6 Å². The highest BCUT2D eigenvalue weighted by molar-refractivity contribution is 5.97. The summed E-state index contributed by atoms with van der Waals surface area (Å²) in [6, 6.07) is 2.54. The van der Waals surface area contributed by atoms with Crippen LogP contribution in [0.15, 0.2) is 29.4 Å². The van der Waals surface area contributed by atoms with Crippen molar-refractivity contribution in [2.45, 2.75) is 6.18 Å². The molecule has 0 amide bonds. The van der Waals surface area contributed by atoms with E-state index in [-0.39, 0.29) is 16.6 Å². The molecule has 2 rings (SSSR count). The van der Waals surface area contributed by atoms with Crippen LogP contribution < -0.4 is 0 Å². The maximum Gasteiger partial charge on any atom is 0.416 e. The Bertz CT molecular complexity index is 712. The normalized spacial score (nSPS) is 11.3. The summed E-state index contributed by atoms with van der Waals surface area (Å²) in [4.78, 5) is 24.4. The topological polar surface area (TPSA) is 71.7 Å². The number of halogens is 3. The summed E-state index contributed by atoms with van der Waals surface area (Å²) in [5.41, 5.74) is -1.24. The molecule has 0 aliphatic rings. The van der Waals surface area contributed by atoms with Crippen LogP contribution in [-0.4, -0.2) is 21.8 Å². The molecular formula is C11H5F3N2O3. The fourth-order valence-corrected chi connectivity index (χ4v) is 1.68. The van der Waals surface area contributed by atoms with Gasteiger partial charge in [0, 0.05) is 11.6 Å². The van der Waals surface area contributed by atoms with Crippen molar-refractivity contribution in [3.8, 4) is 0 Å². The number of isocyanates is 1. The Labute approximate surface area is 103 Å². The molecule has 1 aromatic carbocycles. The number of rotatable bonds is 1. The van der Waals surface area contributed by atoms with Gasteiger partial charge in [0.25, 0.3) is 0 Å². The van der Waals surface area contributed by atoms with Crippen molar-refractivity contribution in [1.82, 2.24) is 4.57 Å². The molecule has 0 aliphatic carbocycles. The minimum absolute atomic E-state index is 0.0545. The van der Waals surface area contributed by atoms with Gasteiger partial charge in [0.15, 0.2) is 0 Å².